The molecule has 0 amide bonds. The molecule has 2 aromatic carbocycles. The van der Waals surface area contributed by atoms with E-state index in [1.54, 1.807) is 10.4 Å². The van der Waals surface area contributed by atoms with Gasteiger partial charge < -0.3 is 0 Å². The molecule has 0 atom stereocenters. The first-order valence-corrected chi connectivity index (χ1v) is 26.9. The highest BCUT2D eigenvalue weighted by Gasteiger charge is 2.57. The highest BCUT2D eigenvalue weighted by molar-refractivity contribution is 7.51. The van der Waals surface area contributed by atoms with Crippen LogP contribution in [0.3, 0.4) is 0 Å². The first-order chi connectivity index (χ1) is 18.6. The van der Waals surface area contributed by atoms with Crippen molar-refractivity contribution < 1.29 is 0 Å². The van der Waals surface area contributed by atoms with E-state index >= 15 is 0 Å². The standard InChI is InChI=1S/C36H62Si4/c1-27(2)21-38(22-28(3)4)34-16-14-18-36(20-34)40(25-31(9)10,26-32(11)12)39(23-29(5)6,24-30(7)8)35-17-13-15-33(19-35)37-38/h13-20,27-32H,21-26H2,1-12H3. The lowest BCUT2D eigenvalue weighted by Gasteiger charge is -2.53. The maximum absolute atomic E-state index is 2.91. The number of benzene rings is 2. The Morgan fingerprint density at radius 2 is 0.800 bits per heavy atom. The van der Waals surface area contributed by atoms with Crippen molar-refractivity contribution in [2.24, 2.45) is 35.5 Å². The van der Waals surface area contributed by atoms with Crippen molar-refractivity contribution in [3.8, 4) is 0 Å². The maximum atomic E-state index is 2.91. The van der Waals surface area contributed by atoms with E-state index in [4.69, 9.17) is 0 Å². The Bertz CT molecular complexity index is 1050. The molecule has 0 spiro atoms. The fraction of sp³-hybridized carbons (Fsp3) is 0.667. The second-order valence-electron chi connectivity index (χ2n) is 16.1. The average Bonchev–Trinajstić information content (AvgIpc) is 2.80. The van der Waals surface area contributed by atoms with Gasteiger partial charge in [0, 0.05) is 0 Å². The van der Waals surface area contributed by atoms with E-state index in [1.165, 1.54) is 36.3 Å². The minimum Gasteiger partial charge on any atom is -0.0669 e. The number of hydrogen-bond acceptors (Lipinski definition) is 0. The van der Waals surface area contributed by atoms with Crippen molar-refractivity contribution in [1.82, 2.24) is 0 Å². The summed E-state index contributed by atoms with van der Waals surface area (Å²) in [7, 11) is -4.63. The summed E-state index contributed by atoms with van der Waals surface area (Å²) in [6, 6.07) is 29.9. The van der Waals surface area contributed by atoms with Gasteiger partial charge in [-0.05, 0) is 35.5 Å². The molecule has 0 N–H and O–H groups in total. The van der Waals surface area contributed by atoms with Gasteiger partial charge in [0.2, 0.25) is 0 Å². The highest BCUT2D eigenvalue weighted by atomic mass is 29.3. The molecule has 0 saturated heterocycles. The minimum absolute atomic E-state index is 0.738. The van der Waals surface area contributed by atoms with Gasteiger partial charge in [-0.25, -0.2) is 0 Å². The molecular weight excluding hydrogens is 545 g/mol. The third-order valence-electron chi connectivity index (χ3n) is 9.22. The summed E-state index contributed by atoms with van der Waals surface area (Å²) in [5, 5.41) is 7.21. The Labute approximate surface area is 255 Å². The average molecular weight is 607 g/mol. The van der Waals surface area contributed by atoms with Crippen molar-refractivity contribution in [3.63, 3.8) is 0 Å². The van der Waals surface area contributed by atoms with Crippen LogP contribution in [0.25, 0.3) is 0 Å². The van der Waals surface area contributed by atoms with E-state index in [-0.39, 0.29) is 0 Å². The van der Waals surface area contributed by atoms with E-state index < -0.39 is 22.8 Å². The van der Waals surface area contributed by atoms with Crippen LogP contribution >= 0.6 is 0 Å². The summed E-state index contributed by atoms with van der Waals surface area (Å²) in [6.07, 6.45) is 0. The molecule has 3 rings (SSSR count). The zero-order chi connectivity index (χ0) is 29.9. The van der Waals surface area contributed by atoms with Gasteiger partial charge in [-0.1, -0.05) is 189 Å². The monoisotopic (exact) mass is 606 g/mol. The van der Waals surface area contributed by atoms with Gasteiger partial charge in [-0.3, -0.25) is 0 Å². The summed E-state index contributed by atoms with van der Waals surface area (Å²) >= 11 is 0. The maximum Gasteiger partial charge on any atom is 0.0861 e. The van der Waals surface area contributed by atoms with E-state index in [2.05, 4.69) is 132 Å². The van der Waals surface area contributed by atoms with Crippen LogP contribution in [0, 0.1) is 35.5 Å². The molecule has 2 radical (unpaired) electrons. The molecule has 1 aliphatic heterocycles. The predicted octanol–water partition coefficient (Wildman–Crippen LogP) is 8.21. The van der Waals surface area contributed by atoms with Crippen LogP contribution in [0.2, 0.25) is 36.3 Å². The molecule has 0 saturated carbocycles. The topological polar surface area (TPSA) is 0 Å². The zero-order valence-corrected chi connectivity index (χ0v) is 32.3. The molecule has 40 heavy (non-hydrogen) atoms. The van der Waals surface area contributed by atoms with Crippen molar-refractivity contribution in [3.05, 3.63) is 48.5 Å². The van der Waals surface area contributed by atoms with E-state index in [0.717, 1.165) is 44.5 Å². The SMILES string of the molecule is CC(C)C[Si]1(CC(C)C)[Si]c2cccc(c2)[Si](CC(C)C)(CC(C)C)[Si](CC(C)C)(CC(C)C)c2cccc1c2. The Morgan fingerprint density at radius 1 is 0.450 bits per heavy atom. The van der Waals surface area contributed by atoms with Crippen molar-refractivity contribution in [2.75, 3.05) is 0 Å². The van der Waals surface area contributed by atoms with Crippen molar-refractivity contribution >= 4 is 52.6 Å². The van der Waals surface area contributed by atoms with Gasteiger partial charge in [0.05, 0.1) is 31.8 Å². The number of rotatable bonds is 12. The van der Waals surface area contributed by atoms with Gasteiger partial charge in [0.15, 0.2) is 0 Å². The third kappa shape index (κ3) is 7.44. The Kier molecular flexibility index (Phi) is 11.6. The fourth-order valence-corrected chi connectivity index (χ4v) is 45.9. The van der Waals surface area contributed by atoms with Crippen LogP contribution in [-0.4, -0.2) is 31.8 Å². The van der Waals surface area contributed by atoms with Crippen LogP contribution in [0.1, 0.15) is 83.1 Å². The molecule has 0 aliphatic carbocycles. The Balaban J connectivity index is 2.56. The molecule has 1 heterocycles. The Morgan fingerprint density at radius 3 is 1.20 bits per heavy atom. The van der Waals surface area contributed by atoms with Crippen LogP contribution in [0.15, 0.2) is 48.5 Å². The molecule has 222 valence electrons. The smallest absolute Gasteiger partial charge is 0.0669 e. The summed E-state index contributed by atoms with van der Waals surface area (Å²) in [5.41, 5.74) is 0. The van der Waals surface area contributed by atoms with E-state index in [1.807, 2.05) is 10.4 Å². The second-order valence-corrected chi connectivity index (χ2v) is 37.0. The lowest BCUT2D eigenvalue weighted by molar-refractivity contribution is 0.671. The van der Waals surface area contributed by atoms with Crippen molar-refractivity contribution in [1.29, 1.82) is 0 Å². The normalized spacial score (nSPS) is 17.9. The molecule has 0 aromatic heterocycles. The fourth-order valence-electron chi connectivity index (χ4n) is 8.93. The second kappa shape index (κ2) is 13.7. The first-order valence-electron chi connectivity index (χ1n) is 16.6. The molecule has 0 nitrogen and oxygen atoms in total. The molecule has 4 bridgehead atoms. The van der Waals surface area contributed by atoms with Gasteiger partial charge >= 0.3 is 0 Å². The molecular formula is C36H62Si4. The third-order valence-corrected chi connectivity index (χ3v) is 39.5. The molecule has 2 aromatic rings. The van der Waals surface area contributed by atoms with E-state index in [0.29, 0.717) is 0 Å². The predicted molar refractivity (Wildman–Crippen MR) is 192 cm³/mol. The number of hydrogen-bond donors (Lipinski definition) is 0. The van der Waals surface area contributed by atoms with Gasteiger partial charge in [-0.15, -0.1) is 0 Å². The lowest BCUT2D eigenvalue weighted by Crippen LogP contribution is -2.77. The Hall–Kier alpha value is -0.692. The van der Waals surface area contributed by atoms with Gasteiger partial charge in [0.1, 0.15) is 0 Å². The summed E-state index contributed by atoms with van der Waals surface area (Å²) in [5.74, 6) is 4.45. The molecule has 0 unspecified atom stereocenters. The molecule has 1 aliphatic rings. The number of fused-ring (bicyclic) bond motifs is 4. The quantitative estimate of drug-likeness (QED) is 0.214. The first kappa shape index (κ1) is 33.8. The van der Waals surface area contributed by atoms with Crippen LogP contribution in [-0.2, 0) is 0 Å². The summed E-state index contributed by atoms with van der Waals surface area (Å²) < 4.78 is 0. The summed E-state index contributed by atoms with van der Waals surface area (Å²) in [4.78, 5) is 0. The molecule has 4 heteroatoms. The molecule has 0 fully saturated rings. The highest BCUT2D eigenvalue weighted by Crippen LogP contribution is 2.41. The van der Waals surface area contributed by atoms with Gasteiger partial charge in [-0.2, -0.15) is 0 Å². The van der Waals surface area contributed by atoms with Gasteiger partial charge in [0.25, 0.3) is 0 Å². The summed E-state index contributed by atoms with van der Waals surface area (Å²) in [6.45, 7) is 30.2. The largest absolute Gasteiger partial charge is 0.0861 e. The lowest BCUT2D eigenvalue weighted by atomic mass is 10.3. The van der Waals surface area contributed by atoms with Crippen LogP contribution in [0.4, 0.5) is 0 Å². The minimum atomic E-state index is -1.94. The zero-order valence-electron chi connectivity index (χ0n) is 28.3. The van der Waals surface area contributed by atoms with Crippen LogP contribution in [0.5, 0.6) is 0 Å². The van der Waals surface area contributed by atoms with Crippen molar-refractivity contribution in [2.45, 2.75) is 119 Å². The van der Waals surface area contributed by atoms with E-state index in [9.17, 15) is 0 Å². The van der Waals surface area contributed by atoms with Crippen LogP contribution < -0.4 is 20.7 Å².